The molecule has 0 bridgehead atoms. The molecule has 1 aliphatic heterocycles. The highest BCUT2D eigenvalue weighted by atomic mass is 79.9. The van der Waals surface area contributed by atoms with Gasteiger partial charge in [0.15, 0.2) is 0 Å². The van der Waals surface area contributed by atoms with Crippen LogP contribution in [0.25, 0.3) is 11.3 Å². The Morgan fingerprint density at radius 3 is 3.05 bits per heavy atom. The second kappa shape index (κ2) is 4.38. The van der Waals surface area contributed by atoms with Crippen molar-refractivity contribution in [1.82, 2.24) is 4.98 Å². The monoisotopic (exact) mass is 325 g/mol. The standard InChI is InChI=1S/C13H9BrFNO3/c1-18-13(17)12-10(14)8-5-19-9-4-6(15)2-3-7(9)11(8)16-12/h2-4,16H,5H2,1H3. The van der Waals surface area contributed by atoms with Crippen molar-refractivity contribution in [2.75, 3.05) is 7.11 Å². The molecule has 2 heterocycles. The van der Waals surface area contributed by atoms with E-state index in [0.29, 0.717) is 15.9 Å². The minimum absolute atomic E-state index is 0.264. The first-order valence-corrected chi connectivity index (χ1v) is 6.32. The minimum Gasteiger partial charge on any atom is -0.488 e. The first-order valence-electron chi connectivity index (χ1n) is 5.53. The zero-order valence-corrected chi connectivity index (χ0v) is 11.5. The highest BCUT2D eigenvalue weighted by molar-refractivity contribution is 9.10. The van der Waals surface area contributed by atoms with Crippen molar-refractivity contribution in [3.63, 3.8) is 0 Å². The van der Waals surface area contributed by atoms with Crippen molar-refractivity contribution in [3.05, 3.63) is 39.7 Å². The van der Waals surface area contributed by atoms with Gasteiger partial charge in [-0.2, -0.15) is 0 Å². The number of nitrogens with one attached hydrogen (secondary N) is 1. The van der Waals surface area contributed by atoms with E-state index in [4.69, 9.17) is 9.47 Å². The third kappa shape index (κ3) is 1.83. The van der Waals surface area contributed by atoms with E-state index in [0.717, 1.165) is 16.8 Å². The van der Waals surface area contributed by atoms with Gasteiger partial charge >= 0.3 is 5.97 Å². The molecule has 1 aromatic carbocycles. The number of methoxy groups -OCH3 is 1. The van der Waals surface area contributed by atoms with Crippen LogP contribution >= 0.6 is 15.9 Å². The second-order valence-electron chi connectivity index (χ2n) is 4.09. The number of fused-ring (bicyclic) bond motifs is 3. The van der Waals surface area contributed by atoms with Crippen molar-refractivity contribution in [3.8, 4) is 17.0 Å². The SMILES string of the molecule is COC(=O)c1[nH]c2c(c1Br)COc1cc(F)ccc1-2. The van der Waals surface area contributed by atoms with Crippen LogP contribution < -0.4 is 4.74 Å². The molecule has 0 saturated heterocycles. The number of ether oxygens (including phenoxy) is 2. The van der Waals surface area contributed by atoms with E-state index >= 15 is 0 Å². The topological polar surface area (TPSA) is 51.3 Å². The van der Waals surface area contributed by atoms with Gasteiger partial charge < -0.3 is 14.5 Å². The number of rotatable bonds is 1. The highest BCUT2D eigenvalue weighted by Gasteiger charge is 2.27. The van der Waals surface area contributed by atoms with Crippen LogP contribution in [0.5, 0.6) is 5.75 Å². The zero-order valence-electron chi connectivity index (χ0n) is 9.92. The molecule has 0 unspecified atom stereocenters. The van der Waals surface area contributed by atoms with E-state index < -0.39 is 5.97 Å². The molecule has 0 aliphatic carbocycles. The number of carbonyl (C=O) groups excluding carboxylic acids is 1. The molecule has 0 amide bonds. The van der Waals surface area contributed by atoms with Crippen LogP contribution in [0.15, 0.2) is 22.7 Å². The van der Waals surface area contributed by atoms with E-state index in [2.05, 4.69) is 20.9 Å². The summed E-state index contributed by atoms with van der Waals surface area (Å²) in [6.45, 7) is 0.264. The third-order valence-electron chi connectivity index (χ3n) is 3.01. The maximum absolute atomic E-state index is 13.2. The first kappa shape index (κ1) is 12.2. The molecule has 1 N–H and O–H groups in total. The van der Waals surface area contributed by atoms with Gasteiger partial charge in [-0.05, 0) is 28.1 Å². The third-order valence-corrected chi connectivity index (χ3v) is 3.89. The summed E-state index contributed by atoms with van der Waals surface area (Å²) in [5.74, 6) is -0.372. The average Bonchev–Trinajstić information content (AvgIpc) is 2.75. The van der Waals surface area contributed by atoms with Crippen LogP contribution in [0.3, 0.4) is 0 Å². The molecule has 1 aliphatic rings. The Morgan fingerprint density at radius 2 is 2.32 bits per heavy atom. The average molecular weight is 326 g/mol. The fourth-order valence-electron chi connectivity index (χ4n) is 2.10. The predicted molar refractivity (Wildman–Crippen MR) is 69.6 cm³/mol. The number of aromatic amines is 1. The number of carbonyl (C=O) groups is 1. The Balaban J connectivity index is 2.19. The Bertz CT molecular complexity index is 681. The van der Waals surface area contributed by atoms with Crippen LogP contribution in [-0.4, -0.2) is 18.1 Å². The number of H-pyrrole nitrogens is 1. The largest absolute Gasteiger partial charge is 0.488 e. The van der Waals surface area contributed by atoms with Crippen molar-refractivity contribution in [2.24, 2.45) is 0 Å². The number of esters is 1. The van der Waals surface area contributed by atoms with Crippen molar-refractivity contribution in [1.29, 1.82) is 0 Å². The number of halogens is 2. The minimum atomic E-state index is -0.468. The summed E-state index contributed by atoms with van der Waals surface area (Å²) in [5, 5.41) is 0. The molecule has 1 aromatic heterocycles. The lowest BCUT2D eigenvalue weighted by Gasteiger charge is -2.17. The number of aromatic nitrogens is 1. The van der Waals surface area contributed by atoms with Crippen LogP contribution in [0.1, 0.15) is 16.1 Å². The number of benzene rings is 1. The normalized spacial score (nSPS) is 12.4. The highest BCUT2D eigenvalue weighted by Crippen LogP contribution is 2.41. The smallest absolute Gasteiger partial charge is 0.355 e. The van der Waals surface area contributed by atoms with Crippen LogP contribution in [-0.2, 0) is 11.3 Å². The van der Waals surface area contributed by atoms with Crippen LogP contribution in [0.4, 0.5) is 4.39 Å². The van der Waals surface area contributed by atoms with Crippen LogP contribution in [0, 0.1) is 5.82 Å². The molecule has 0 radical (unpaired) electrons. The summed E-state index contributed by atoms with van der Waals surface area (Å²) >= 11 is 3.36. The van der Waals surface area contributed by atoms with Crippen LogP contribution in [0.2, 0.25) is 0 Å². The lowest BCUT2D eigenvalue weighted by molar-refractivity contribution is 0.0594. The summed E-state index contributed by atoms with van der Waals surface area (Å²) < 4.78 is 24.0. The van der Waals surface area contributed by atoms with Crippen molar-refractivity contribution < 1.29 is 18.7 Å². The van der Waals surface area contributed by atoms with Gasteiger partial charge in [0.25, 0.3) is 0 Å². The molecule has 19 heavy (non-hydrogen) atoms. The summed E-state index contributed by atoms with van der Waals surface area (Å²) in [6, 6.07) is 4.29. The second-order valence-corrected chi connectivity index (χ2v) is 4.88. The van der Waals surface area contributed by atoms with E-state index in [9.17, 15) is 9.18 Å². The zero-order chi connectivity index (χ0) is 13.6. The summed E-state index contributed by atoms with van der Waals surface area (Å²) in [4.78, 5) is 14.6. The van der Waals surface area contributed by atoms with Gasteiger partial charge in [0.1, 0.15) is 23.9 Å². The first-order chi connectivity index (χ1) is 9.11. The molecule has 4 nitrogen and oxygen atoms in total. The molecule has 0 atom stereocenters. The van der Waals surface area contributed by atoms with Gasteiger partial charge in [-0.25, -0.2) is 9.18 Å². The molecule has 2 aromatic rings. The molecule has 0 fully saturated rings. The van der Waals surface area contributed by atoms with Crippen molar-refractivity contribution >= 4 is 21.9 Å². The van der Waals surface area contributed by atoms with E-state index in [1.165, 1.54) is 19.2 Å². The molecule has 6 heteroatoms. The van der Waals surface area contributed by atoms with Gasteiger partial charge in [-0.1, -0.05) is 0 Å². The van der Waals surface area contributed by atoms with Gasteiger partial charge in [0, 0.05) is 17.2 Å². The Labute approximate surface area is 116 Å². The molecule has 0 spiro atoms. The number of hydrogen-bond donors (Lipinski definition) is 1. The number of hydrogen-bond acceptors (Lipinski definition) is 3. The predicted octanol–water partition coefficient (Wildman–Crippen LogP) is 3.26. The maximum Gasteiger partial charge on any atom is 0.355 e. The Hall–Kier alpha value is -1.82. The molecule has 0 saturated carbocycles. The lowest BCUT2D eigenvalue weighted by atomic mass is 10.0. The Morgan fingerprint density at radius 1 is 1.53 bits per heavy atom. The molecular weight excluding hydrogens is 317 g/mol. The molecule has 98 valence electrons. The summed E-state index contributed by atoms with van der Waals surface area (Å²) in [7, 11) is 1.31. The molecular formula is C13H9BrFNO3. The van der Waals surface area contributed by atoms with E-state index in [1.807, 2.05) is 0 Å². The summed E-state index contributed by atoms with van der Waals surface area (Å²) in [6.07, 6.45) is 0. The molecule has 3 rings (SSSR count). The quantitative estimate of drug-likeness (QED) is 0.819. The Kier molecular flexibility index (Phi) is 2.82. The fraction of sp³-hybridized carbons (Fsp3) is 0.154. The van der Waals surface area contributed by atoms with Gasteiger partial charge in [-0.3, -0.25) is 0 Å². The van der Waals surface area contributed by atoms with Crippen molar-refractivity contribution in [2.45, 2.75) is 6.61 Å². The maximum atomic E-state index is 13.2. The van der Waals surface area contributed by atoms with Gasteiger partial charge in [-0.15, -0.1) is 0 Å². The van der Waals surface area contributed by atoms with E-state index in [1.54, 1.807) is 6.07 Å². The van der Waals surface area contributed by atoms with Gasteiger partial charge in [0.2, 0.25) is 0 Å². The van der Waals surface area contributed by atoms with Gasteiger partial charge in [0.05, 0.1) is 17.3 Å². The fourth-order valence-corrected chi connectivity index (χ4v) is 2.67. The lowest BCUT2D eigenvalue weighted by Crippen LogP contribution is -2.04. The van der Waals surface area contributed by atoms with E-state index in [-0.39, 0.29) is 12.4 Å². The summed E-state index contributed by atoms with van der Waals surface area (Å²) in [5.41, 5.74) is 2.61.